The molecule has 0 atom stereocenters. The van der Waals surface area contributed by atoms with Crippen LogP contribution in [0.4, 0.5) is 0 Å². The molecule has 1 rings (SSSR count). The number of hydrogen-bond acceptors (Lipinski definition) is 2. The molecule has 149 valence electrons. The zero-order chi connectivity index (χ0) is 18.7. The van der Waals surface area contributed by atoms with E-state index in [1.165, 1.54) is 83.5 Å². The molecule has 0 unspecified atom stereocenters. The number of unbranched alkanes of at least 4 members (excludes halogenated alkanes) is 14. The zero-order valence-electron chi connectivity index (χ0n) is 18.0. The molecule has 0 saturated carbocycles. The second-order valence-corrected chi connectivity index (χ2v) is 7.49. The Bertz CT molecular complexity index is 433. The molecule has 0 bridgehead atoms. The molecular formula is C24H40NaO2. The number of para-hydroxylation sites is 1. The molecule has 1 aromatic carbocycles. The first-order chi connectivity index (χ1) is 12.8. The average molecular weight is 384 g/mol. The van der Waals surface area contributed by atoms with Gasteiger partial charge in [-0.2, -0.15) is 0 Å². The topological polar surface area (TPSA) is 26.3 Å². The molecule has 27 heavy (non-hydrogen) atoms. The summed E-state index contributed by atoms with van der Waals surface area (Å²) in [7, 11) is 0. The molecule has 0 aliphatic heterocycles. The molecule has 0 spiro atoms. The molecule has 0 fully saturated rings. The predicted octanol–water partition coefficient (Wildman–Crippen LogP) is 7.47. The minimum absolute atomic E-state index is 0. The second kappa shape index (κ2) is 20.4. The van der Waals surface area contributed by atoms with Crippen LogP contribution in [0.1, 0.15) is 110 Å². The number of ether oxygens (including phenoxy) is 1. The van der Waals surface area contributed by atoms with E-state index >= 15 is 0 Å². The van der Waals surface area contributed by atoms with Crippen LogP contribution in [-0.2, 0) is 4.79 Å². The van der Waals surface area contributed by atoms with Crippen molar-refractivity contribution in [1.82, 2.24) is 0 Å². The first kappa shape index (κ1) is 26.7. The number of rotatable bonds is 17. The van der Waals surface area contributed by atoms with Crippen molar-refractivity contribution in [3.8, 4) is 5.75 Å². The number of carbonyl (C=O) groups excluding carboxylic acids is 1. The van der Waals surface area contributed by atoms with Gasteiger partial charge in [-0.3, -0.25) is 4.79 Å². The van der Waals surface area contributed by atoms with E-state index in [1.807, 2.05) is 30.3 Å². The van der Waals surface area contributed by atoms with Crippen LogP contribution in [0.3, 0.4) is 0 Å². The second-order valence-electron chi connectivity index (χ2n) is 7.49. The normalized spacial score (nSPS) is 10.4. The number of carbonyl (C=O) groups is 1. The zero-order valence-corrected chi connectivity index (χ0v) is 20.0. The Morgan fingerprint density at radius 3 is 1.52 bits per heavy atom. The SMILES string of the molecule is CCCCCCCCCCCCCCCCCC(=O)Oc1ccccc1.[Na]. The van der Waals surface area contributed by atoms with Gasteiger partial charge in [0, 0.05) is 36.0 Å². The number of hydrogen-bond donors (Lipinski definition) is 0. The summed E-state index contributed by atoms with van der Waals surface area (Å²) in [5, 5.41) is 0. The molecule has 3 heteroatoms. The van der Waals surface area contributed by atoms with Gasteiger partial charge in [0.2, 0.25) is 0 Å². The van der Waals surface area contributed by atoms with Gasteiger partial charge in [0.05, 0.1) is 0 Å². The fourth-order valence-electron chi connectivity index (χ4n) is 3.31. The Kier molecular flexibility index (Phi) is 20.2. The standard InChI is InChI=1S/C24H40O2.Na/c1-2-3-4-5-6-7-8-9-10-11-12-13-14-15-19-22-24(25)26-23-20-17-16-18-21-23;/h16-18,20-21H,2-15,19,22H2,1H3;. The van der Waals surface area contributed by atoms with E-state index < -0.39 is 0 Å². The summed E-state index contributed by atoms with van der Waals surface area (Å²) in [5.74, 6) is 0.546. The molecule has 0 aliphatic carbocycles. The van der Waals surface area contributed by atoms with Crippen molar-refractivity contribution >= 4 is 35.5 Å². The molecule has 1 radical (unpaired) electrons. The van der Waals surface area contributed by atoms with Gasteiger partial charge in [-0.05, 0) is 18.6 Å². The first-order valence-corrected chi connectivity index (χ1v) is 11.1. The van der Waals surface area contributed by atoms with E-state index in [9.17, 15) is 4.79 Å². The van der Waals surface area contributed by atoms with Crippen LogP contribution in [0.5, 0.6) is 5.75 Å². The molecule has 0 amide bonds. The van der Waals surface area contributed by atoms with E-state index in [0.29, 0.717) is 12.2 Å². The average Bonchev–Trinajstić information content (AvgIpc) is 2.65. The van der Waals surface area contributed by atoms with Crippen molar-refractivity contribution in [1.29, 1.82) is 0 Å². The van der Waals surface area contributed by atoms with Crippen LogP contribution < -0.4 is 4.74 Å². The fraction of sp³-hybridized carbons (Fsp3) is 0.708. The van der Waals surface area contributed by atoms with Gasteiger partial charge < -0.3 is 4.74 Å². The maximum Gasteiger partial charge on any atom is 0.311 e. The Morgan fingerprint density at radius 2 is 1.07 bits per heavy atom. The maximum absolute atomic E-state index is 11.7. The molecular weight excluding hydrogens is 343 g/mol. The van der Waals surface area contributed by atoms with Gasteiger partial charge in [0.15, 0.2) is 0 Å². The van der Waals surface area contributed by atoms with Gasteiger partial charge in [0.25, 0.3) is 0 Å². The fourth-order valence-corrected chi connectivity index (χ4v) is 3.31. The van der Waals surface area contributed by atoms with Gasteiger partial charge >= 0.3 is 5.97 Å². The van der Waals surface area contributed by atoms with Crippen molar-refractivity contribution in [3.63, 3.8) is 0 Å². The van der Waals surface area contributed by atoms with Crippen LogP contribution in [0.2, 0.25) is 0 Å². The van der Waals surface area contributed by atoms with E-state index in [-0.39, 0.29) is 35.5 Å². The van der Waals surface area contributed by atoms with Gasteiger partial charge in [-0.25, -0.2) is 0 Å². The summed E-state index contributed by atoms with van der Waals surface area (Å²) in [4.78, 5) is 11.7. The summed E-state index contributed by atoms with van der Waals surface area (Å²) in [5.41, 5.74) is 0. The Labute approximate surface area is 190 Å². The third-order valence-corrected chi connectivity index (χ3v) is 4.96. The molecule has 0 saturated heterocycles. The minimum Gasteiger partial charge on any atom is -0.427 e. The maximum atomic E-state index is 11.7. The molecule has 2 nitrogen and oxygen atoms in total. The Balaban J connectivity index is 0.00000676. The summed E-state index contributed by atoms with van der Waals surface area (Å²) in [6.45, 7) is 2.28. The summed E-state index contributed by atoms with van der Waals surface area (Å²) in [6.07, 6.45) is 20.7. The minimum atomic E-state index is -0.106. The van der Waals surface area contributed by atoms with Gasteiger partial charge in [-0.15, -0.1) is 0 Å². The third kappa shape index (κ3) is 17.5. The van der Waals surface area contributed by atoms with Gasteiger partial charge in [-0.1, -0.05) is 115 Å². The van der Waals surface area contributed by atoms with E-state index in [4.69, 9.17) is 4.74 Å². The Hall–Kier alpha value is -0.310. The van der Waals surface area contributed by atoms with Crippen molar-refractivity contribution in [3.05, 3.63) is 30.3 Å². The largest absolute Gasteiger partial charge is 0.427 e. The number of benzene rings is 1. The van der Waals surface area contributed by atoms with Crippen LogP contribution in [0, 0.1) is 0 Å². The van der Waals surface area contributed by atoms with E-state index in [0.717, 1.165) is 12.8 Å². The van der Waals surface area contributed by atoms with Crippen LogP contribution >= 0.6 is 0 Å². The van der Waals surface area contributed by atoms with Crippen molar-refractivity contribution in [2.75, 3.05) is 0 Å². The molecule has 0 heterocycles. The van der Waals surface area contributed by atoms with E-state index in [2.05, 4.69) is 6.92 Å². The predicted molar refractivity (Wildman–Crippen MR) is 117 cm³/mol. The van der Waals surface area contributed by atoms with Crippen LogP contribution in [0.25, 0.3) is 0 Å². The smallest absolute Gasteiger partial charge is 0.311 e. The van der Waals surface area contributed by atoms with Crippen molar-refractivity contribution < 1.29 is 9.53 Å². The summed E-state index contributed by atoms with van der Waals surface area (Å²) < 4.78 is 5.29. The summed E-state index contributed by atoms with van der Waals surface area (Å²) in [6, 6.07) is 9.34. The molecule has 1 aromatic rings. The first-order valence-electron chi connectivity index (χ1n) is 11.1. The number of esters is 1. The van der Waals surface area contributed by atoms with Crippen LogP contribution in [-0.4, -0.2) is 35.5 Å². The monoisotopic (exact) mass is 383 g/mol. The molecule has 0 aromatic heterocycles. The van der Waals surface area contributed by atoms with Crippen molar-refractivity contribution in [2.24, 2.45) is 0 Å². The van der Waals surface area contributed by atoms with Crippen LogP contribution in [0.15, 0.2) is 30.3 Å². The van der Waals surface area contributed by atoms with Crippen molar-refractivity contribution in [2.45, 2.75) is 110 Å². The molecule has 0 aliphatic rings. The van der Waals surface area contributed by atoms with Gasteiger partial charge in [0.1, 0.15) is 5.75 Å². The quantitative estimate of drug-likeness (QED) is 0.121. The molecule has 0 N–H and O–H groups in total. The third-order valence-electron chi connectivity index (χ3n) is 4.96. The van der Waals surface area contributed by atoms with E-state index in [1.54, 1.807) is 0 Å². The Morgan fingerprint density at radius 1 is 0.667 bits per heavy atom. The summed E-state index contributed by atoms with van der Waals surface area (Å²) >= 11 is 0.